The van der Waals surface area contributed by atoms with Crippen LogP contribution in [0.15, 0.2) is 18.2 Å². The molecule has 0 bridgehead atoms. The van der Waals surface area contributed by atoms with E-state index in [1.165, 1.54) is 5.56 Å². The molecule has 3 nitrogen and oxygen atoms in total. The van der Waals surface area contributed by atoms with Gasteiger partial charge in [0.1, 0.15) is 5.75 Å². The van der Waals surface area contributed by atoms with Crippen LogP contribution in [0.2, 0.25) is 0 Å². The number of rotatable bonds is 5. The Kier molecular flexibility index (Phi) is 4.26. The van der Waals surface area contributed by atoms with Crippen LogP contribution in [0, 0.1) is 0 Å². The van der Waals surface area contributed by atoms with E-state index in [1.54, 1.807) is 7.11 Å². The summed E-state index contributed by atoms with van der Waals surface area (Å²) in [5, 5.41) is 6.29. The topological polar surface area (TPSA) is 33.3 Å². The lowest BCUT2D eigenvalue weighted by molar-refractivity contribution is 0.416. The van der Waals surface area contributed by atoms with Gasteiger partial charge in [-0.25, -0.2) is 0 Å². The minimum Gasteiger partial charge on any atom is -0.495 e. The predicted molar refractivity (Wildman–Crippen MR) is 59.9 cm³/mol. The van der Waals surface area contributed by atoms with Crippen LogP contribution < -0.4 is 15.4 Å². The monoisotopic (exact) mass is 194 g/mol. The van der Waals surface area contributed by atoms with Crippen molar-refractivity contribution in [1.29, 1.82) is 0 Å². The first kappa shape index (κ1) is 10.9. The Labute approximate surface area is 85.5 Å². The van der Waals surface area contributed by atoms with Crippen molar-refractivity contribution in [2.75, 3.05) is 26.1 Å². The maximum Gasteiger partial charge on any atom is 0.142 e. The van der Waals surface area contributed by atoms with Crippen LogP contribution in [0.3, 0.4) is 0 Å². The Balaban J connectivity index is 2.84. The van der Waals surface area contributed by atoms with Crippen molar-refractivity contribution in [3.63, 3.8) is 0 Å². The van der Waals surface area contributed by atoms with Gasteiger partial charge in [0, 0.05) is 0 Å². The van der Waals surface area contributed by atoms with Crippen LogP contribution in [0.5, 0.6) is 5.75 Å². The summed E-state index contributed by atoms with van der Waals surface area (Å²) in [6.45, 7) is 2.88. The van der Waals surface area contributed by atoms with E-state index < -0.39 is 0 Å². The van der Waals surface area contributed by atoms with Crippen molar-refractivity contribution in [1.82, 2.24) is 5.32 Å². The summed E-state index contributed by atoms with van der Waals surface area (Å²) >= 11 is 0. The lowest BCUT2D eigenvalue weighted by Gasteiger charge is -2.11. The fourth-order valence-electron chi connectivity index (χ4n) is 1.30. The van der Waals surface area contributed by atoms with Crippen molar-refractivity contribution in [2.45, 2.75) is 13.3 Å². The SMILES string of the molecule is CCc1ccc(OC)c(NCNC)c1. The van der Waals surface area contributed by atoms with Gasteiger partial charge in [0.15, 0.2) is 0 Å². The highest BCUT2D eigenvalue weighted by molar-refractivity contribution is 5.58. The normalized spacial score (nSPS) is 9.93. The quantitative estimate of drug-likeness (QED) is 0.702. The zero-order chi connectivity index (χ0) is 10.4. The van der Waals surface area contributed by atoms with Gasteiger partial charge < -0.3 is 15.4 Å². The smallest absolute Gasteiger partial charge is 0.142 e. The fraction of sp³-hybridized carbons (Fsp3) is 0.455. The van der Waals surface area contributed by atoms with Gasteiger partial charge in [-0.3, -0.25) is 0 Å². The number of benzene rings is 1. The van der Waals surface area contributed by atoms with Crippen molar-refractivity contribution in [2.24, 2.45) is 0 Å². The minimum atomic E-state index is 0.740. The molecule has 14 heavy (non-hydrogen) atoms. The molecule has 0 unspecified atom stereocenters. The summed E-state index contributed by atoms with van der Waals surface area (Å²) in [6, 6.07) is 6.20. The lowest BCUT2D eigenvalue weighted by Crippen LogP contribution is -2.17. The molecule has 1 rings (SSSR count). The zero-order valence-electron chi connectivity index (χ0n) is 9.05. The van der Waals surface area contributed by atoms with Crippen LogP contribution in [-0.4, -0.2) is 20.8 Å². The summed E-state index contributed by atoms with van der Waals surface area (Å²) in [5.41, 5.74) is 2.35. The minimum absolute atomic E-state index is 0.740. The standard InChI is InChI=1S/C11H18N2O/c1-4-9-5-6-11(14-3)10(7-9)13-8-12-2/h5-7,12-13H,4,8H2,1-3H3. The van der Waals surface area contributed by atoms with Gasteiger partial charge in [0.05, 0.1) is 19.5 Å². The van der Waals surface area contributed by atoms with E-state index in [4.69, 9.17) is 4.74 Å². The van der Waals surface area contributed by atoms with E-state index in [-0.39, 0.29) is 0 Å². The molecule has 0 aliphatic carbocycles. The van der Waals surface area contributed by atoms with Crippen LogP contribution in [0.4, 0.5) is 5.69 Å². The Morgan fingerprint density at radius 2 is 2.14 bits per heavy atom. The predicted octanol–water partition coefficient (Wildman–Crippen LogP) is 1.85. The Morgan fingerprint density at radius 3 is 2.71 bits per heavy atom. The van der Waals surface area contributed by atoms with Crippen LogP contribution in [0.25, 0.3) is 0 Å². The van der Waals surface area contributed by atoms with Crippen molar-refractivity contribution in [3.05, 3.63) is 23.8 Å². The van der Waals surface area contributed by atoms with Gasteiger partial charge in [0.2, 0.25) is 0 Å². The average molecular weight is 194 g/mol. The first-order valence-electron chi connectivity index (χ1n) is 4.87. The highest BCUT2D eigenvalue weighted by atomic mass is 16.5. The molecule has 0 saturated heterocycles. The van der Waals surface area contributed by atoms with E-state index in [0.717, 1.165) is 24.5 Å². The summed E-state index contributed by atoms with van der Waals surface area (Å²) in [5.74, 6) is 0.887. The molecule has 0 atom stereocenters. The maximum atomic E-state index is 5.25. The second kappa shape index (κ2) is 5.50. The molecule has 0 saturated carbocycles. The molecule has 0 aliphatic heterocycles. The van der Waals surface area contributed by atoms with Crippen molar-refractivity contribution in [3.8, 4) is 5.75 Å². The highest BCUT2D eigenvalue weighted by Crippen LogP contribution is 2.25. The van der Waals surface area contributed by atoms with E-state index in [1.807, 2.05) is 13.1 Å². The second-order valence-corrected chi connectivity index (χ2v) is 3.10. The molecule has 0 fully saturated rings. The third kappa shape index (κ3) is 2.64. The van der Waals surface area contributed by atoms with Gasteiger partial charge in [-0.2, -0.15) is 0 Å². The van der Waals surface area contributed by atoms with E-state index >= 15 is 0 Å². The number of hydrogen-bond donors (Lipinski definition) is 2. The van der Waals surface area contributed by atoms with Crippen LogP contribution in [-0.2, 0) is 6.42 Å². The summed E-state index contributed by atoms with van der Waals surface area (Å²) < 4.78 is 5.25. The van der Waals surface area contributed by atoms with E-state index in [2.05, 4.69) is 29.7 Å². The largest absolute Gasteiger partial charge is 0.495 e. The van der Waals surface area contributed by atoms with E-state index in [9.17, 15) is 0 Å². The molecule has 2 N–H and O–H groups in total. The summed E-state index contributed by atoms with van der Waals surface area (Å²) in [7, 11) is 3.59. The molecule has 0 aromatic heterocycles. The molecule has 1 aromatic rings. The third-order valence-corrected chi connectivity index (χ3v) is 2.13. The molecule has 0 aliphatic rings. The van der Waals surface area contributed by atoms with Crippen LogP contribution >= 0.6 is 0 Å². The number of anilines is 1. The van der Waals surface area contributed by atoms with Crippen molar-refractivity contribution >= 4 is 5.69 Å². The third-order valence-electron chi connectivity index (χ3n) is 2.13. The number of methoxy groups -OCH3 is 1. The Hall–Kier alpha value is -1.22. The Bertz CT molecular complexity index is 287. The second-order valence-electron chi connectivity index (χ2n) is 3.10. The number of ether oxygens (including phenoxy) is 1. The molecule has 3 heteroatoms. The highest BCUT2D eigenvalue weighted by Gasteiger charge is 2.02. The van der Waals surface area contributed by atoms with Gasteiger partial charge in [-0.1, -0.05) is 13.0 Å². The molecule has 0 amide bonds. The van der Waals surface area contributed by atoms with Crippen molar-refractivity contribution < 1.29 is 4.74 Å². The molecular formula is C11H18N2O. The van der Waals surface area contributed by atoms with E-state index in [0.29, 0.717) is 0 Å². The summed E-state index contributed by atoms with van der Waals surface area (Å²) in [4.78, 5) is 0. The summed E-state index contributed by atoms with van der Waals surface area (Å²) in [6.07, 6.45) is 1.04. The molecule has 0 heterocycles. The zero-order valence-corrected chi connectivity index (χ0v) is 9.05. The number of hydrogen-bond acceptors (Lipinski definition) is 3. The average Bonchev–Trinajstić information content (AvgIpc) is 2.25. The first-order valence-corrected chi connectivity index (χ1v) is 4.87. The molecule has 1 aromatic carbocycles. The van der Waals surface area contributed by atoms with Gasteiger partial charge in [-0.05, 0) is 31.2 Å². The first-order chi connectivity index (χ1) is 6.81. The Morgan fingerprint density at radius 1 is 1.36 bits per heavy atom. The van der Waals surface area contributed by atoms with Gasteiger partial charge in [-0.15, -0.1) is 0 Å². The van der Waals surface area contributed by atoms with Crippen LogP contribution in [0.1, 0.15) is 12.5 Å². The number of aryl methyl sites for hydroxylation is 1. The molecule has 78 valence electrons. The fourth-order valence-corrected chi connectivity index (χ4v) is 1.30. The van der Waals surface area contributed by atoms with Gasteiger partial charge >= 0.3 is 0 Å². The molecule has 0 spiro atoms. The molecular weight excluding hydrogens is 176 g/mol. The lowest BCUT2D eigenvalue weighted by atomic mass is 10.1. The number of nitrogens with one attached hydrogen (secondary N) is 2. The molecule has 0 radical (unpaired) electrons. The maximum absolute atomic E-state index is 5.25. The van der Waals surface area contributed by atoms with Gasteiger partial charge in [0.25, 0.3) is 0 Å².